The topological polar surface area (TPSA) is 87.5 Å². The van der Waals surface area contributed by atoms with E-state index in [0.717, 1.165) is 11.1 Å². The van der Waals surface area contributed by atoms with E-state index in [1.165, 1.54) is 16.4 Å². The Kier molecular flexibility index (Phi) is 6.83. The number of halogens is 1. The van der Waals surface area contributed by atoms with Crippen LogP contribution >= 0.6 is 0 Å². The largest absolute Gasteiger partial charge is 0.309 e. The summed E-state index contributed by atoms with van der Waals surface area (Å²) in [6, 6.07) is 12.9. The molecule has 1 aliphatic heterocycles. The minimum absolute atomic E-state index is 0.130. The van der Waals surface area contributed by atoms with Crippen LogP contribution < -0.4 is 5.32 Å². The van der Waals surface area contributed by atoms with E-state index >= 15 is 0 Å². The number of carbonyl (C=O) groups is 1. The Hall–Kier alpha value is -3.08. The molecule has 0 radical (unpaired) electrons. The molecule has 0 bridgehead atoms. The van der Waals surface area contributed by atoms with Gasteiger partial charge in [-0.05, 0) is 56.7 Å². The summed E-state index contributed by atoms with van der Waals surface area (Å²) in [6.07, 6.45) is 0. The van der Waals surface area contributed by atoms with Crippen LogP contribution in [-0.2, 0) is 14.8 Å². The van der Waals surface area contributed by atoms with Crippen LogP contribution in [0.15, 0.2) is 53.4 Å². The van der Waals surface area contributed by atoms with Gasteiger partial charge in [-0.15, -0.1) is 0 Å². The Labute approximate surface area is 199 Å². The first-order valence-electron chi connectivity index (χ1n) is 11.1. The van der Waals surface area contributed by atoms with E-state index in [-0.39, 0.29) is 18.3 Å². The number of aromatic nitrogens is 2. The van der Waals surface area contributed by atoms with E-state index < -0.39 is 10.0 Å². The van der Waals surface area contributed by atoms with Gasteiger partial charge in [-0.2, -0.15) is 9.40 Å². The van der Waals surface area contributed by atoms with Crippen molar-refractivity contribution >= 4 is 21.7 Å². The van der Waals surface area contributed by atoms with Gasteiger partial charge in [-0.3, -0.25) is 9.69 Å². The van der Waals surface area contributed by atoms with Gasteiger partial charge in [0.25, 0.3) is 0 Å². The molecule has 180 valence electrons. The van der Waals surface area contributed by atoms with Gasteiger partial charge in [-0.1, -0.05) is 17.7 Å². The molecule has 3 aromatic rings. The third-order valence-electron chi connectivity index (χ3n) is 5.82. The number of piperazine rings is 1. The van der Waals surface area contributed by atoms with E-state index in [2.05, 4.69) is 10.4 Å². The second-order valence-corrected chi connectivity index (χ2v) is 10.5. The summed E-state index contributed by atoms with van der Waals surface area (Å²) in [5.41, 5.74) is 3.10. The number of sulfonamides is 1. The third kappa shape index (κ3) is 5.19. The molecule has 2 heterocycles. The SMILES string of the molecule is Cc1ccc(S(=O)(=O)N2CCN(CC(=O)Nc3cc(C)nn3-c3ccc(F)cc3)CC2)c(C)c1. The monoisotopic (exact) mass is 485 g/mol. The number of nitrogens with zero attached hydrogens (tertiary/aromatic N) is 4. The number of amides is 1. The van der Waals surface area contributed by atoms with Gasteiger partial charge in [0, 0.05) is 32.2 Å². The molecule has 2 aromatic carbocycles. The first-order chi connectivity index (χ1) is 16.1. The zero-order chi connectivity index (χ0) is 24.5. The van der Waals surface area contributed by atoms with E-state index in [1.807, 2.05) is 24.8 Å². The minimum atomic E-state index is -3.58. The van der Waals surface area contributed by atoms with Crippen LogP contribution in [0.5, 0.6) is 0 Å². The first kappa shape index (κ1) is 24.1. The third-order valence-corrected chi connectivity index (χ3v) is 7.88. The van der Waals surface area contributed by atoms with Crippen LogP contribution in [0.4, 0.5) is 10.2 Å². The number of hydrogen-bond donors (Lipinski definition) is 1. The highest BCUT2D eigenvalue weighted by atomic mass is 32.2. The van der Waals surface area contributed by atoms with Crippen molar-refractivity contribution in [1.82, 2.24) is 19.0 Å². The Morgan fingerprint density at radius 2 is 1.68 bits per heavy atom. The van der Waals surface area contributed by atoms with Crippen molar-refractivity contribution in [2.75, 3.05) is 38.0 Å². The number of nitrogens with one attached hydrogen (secondary N) is 1. The maximum absolute atomic E-state index is 13.3. The quantitative estimate of drug-likeness (QED) is 0.580. The van der Waals surface area contributed by atoms with Crippen LogP contribution in [0.3, 0.4) is 0 Å². The molecule has 8 nitrogen and oxygen atoms in total. The first-order valence-corrected chi connectivity index (χ1v) is 12.5. The van der Waals surface area contributed by atoms with Crippen molar-refractivity contribution in [3.63, 3.8) is 0 Å². The number of aryl methyl sites for hydroxylation is 3. The van der Waals surface area contributed by atoms with Gasteiger partial charge in [0.15, 0.2) is 0 Å². The van der Waals surface area contributed by atoms with Crippen LogP contribution in [0.1, 0.15) is 16.8 Å². The van der Waals surface area contributed by atoms with Crippen LogP contribution in [0.25, 0.3) is 5.69 Å². The fraction of sp³-hybridized carbons (Fsp3) is 0.333. The number of carbonyl (C=O) groups excluding carboxylic acids is 1. The van der Waals surface area contributed by atoms with E-state index in [4.69, 9.17) is 0 Å². The zero-order valence-corrected chi connectivity index (χ0v) is 20.3. The average Bonchev–Trinajstić information content (AvgIpc) is 3.14. The molecule has 1 aliphatic rings. The summed E-state index contributed by atoms with van der Waals surface area (Å²) >= 11 is 0. The summed E-state index contributed by atoms with van der Waals surface area (Å²) in [7, 11) is -3.58. The zero-order valence-electron chi connectivity index (χ0n) is 19.5. The standard InChI is InChI=1S/C24H28FN5O3S/c1-17-4-9-22(18(2)14-17)34(32,33)29-12-10-28(11-13-29)16-24(31)26-23-15-19(3)27-30(23)21-7-5-20(25)6-8-21/h4-9,14-15H,10-13,16H2,1-3H3,(H,26,31). The van der Waals surface area contributed by atoms with Crippen molar-refractivity contribution < 1.29 is 17.6 Å². The van der Waals surface area contributed by atoms with Crippen molar-refractivity contribution in [3.8, 4) is 5.69 Å². The molecular formula is C24H28FN5O3S. The average molecular weight is 486 g/mol. The van der Waals surface area contributed by atoms with Gasteiger partial charge in [-0.25, -0.2) is 17.5 Å². The second kappa shape index (κ2) is 9.65. The molecule has 1 aromatic heterocycles. The van der Waals surface area contributed by atoms with Crippen molar-refractivity contribution in [2.45, 2.75) is 25.7 Å². The lowest BCUT2D eigenvalue weighted by Crippen LogP contribution is -2.50. The molecule has 0 atom stereocenters. The Morgan fingerprint density at radius 1 is 1.00 bits per heavy atom. The lowest BCUT2D eigenvalue weighted by molar-refractivity contribution is -0.117. The Balaban J connectivity index is 1.37. The molecule has 1 saturated heterocycles. The van der Waals surface area contributed by atoms with Gasteiger partial charge in [0.2, 0.25) is 15.9 Å². The van der Waals surface area contributed by atoms with Gasteiger partial charge < -0.3 is 5.32 Å². The molecule has 1 amide bonds. The summed E-state index contributed by atoms with van der Waals surface area (Å²) in [5, 5.41) is 7.25. The molecule has 34 heavy (non-hydrogen) atoms. The van der Waals surface area contributed by atoms with E-state index in [1.54, 1.807) is 41.9 Å². The lowest BCUT2D eigenvalue weighted by atomic mass is 10.2. The molecule has 1 fully saturated rings. The second-order valence-electron chi connectivity index (χ2n) is 8.56. The Morgan fingerprint density at radius 3 is 2.32 bits per heavy atom. The van der Waals surface area contributed by atoms with Crippen LogP contribution in [0.2, 0.25) is 0 Å². The minimum Gasteiger partial charge on any atom is -0.309 e. The number of anilines is 1. The summed E-state index contributed by atoms with van der Waals surface area (Å²) in [6.45, 7) is 7.21. The highest BCUT2D eigenvalue weighted by molar-refractivity contribution is 7.89. The molecule has 10 heteroatoms. The van der Waals surface area contributed by atoms with Crippen molar-refractivity contribution in [2.24, 2.45) is 0 Å². The summed E-state index contributed by atoms with van der Waals surface area (Å²) < 4.78 is 42.5. The molecule has 0 spiro atoms. The van der Waals surface area contributed by atoms with Gasteiger partial charge >= 0.3 is 0 Å². The predicted octanol–water partition coefficient (Wildman–Crippen LogP) is 2.88. The predicted molar refractivity (Wildman–Crippen MR) is 128 cm³/mol. The molecule has 0 aliphatic carbocycles. The van der Waals surface area contributed by atoms with E-state index in [0.29, 0.717) is 48.3 Å². The highest BCUT2D eigenvalue weighted by Gasteiger charge is 2.30. The van der Waals surface area contributed by atoms with Gasteiger partial charge in [0.1, 0.15) is 11.6 Å². The number of rotatable bonds is 6. The molecular weight excluding hydrogens is 457 g/mol. The smallest absolute Gasteiger partial charge is 0.243 e. The fourth-order valence-electron chi connectivity index (χ4n) is 4.11. The number of benzene rings is 2. The maximum atomic E-state index is 13.3. The van der Waals surface area contributed by atoms with Crippen LogP contribution in [-0.4, -0.2) is 66.0 Å². The molecule has 0 unspecified atom stereocenters. The lowest BCUT2D eigenvalue weighted by Gasteiger charge is -2.33. The molecule has 0 saturated carbocycles. The van der Waals surface area contributed by atoms with Gasteiger partial charge in [0.05, 0.1) is 22.8 Å². The molecule has 1 N–H and O–H groups in total. The maximum Gasteiger partial charge on any atom is 0.243 e. The summed E-state index contributed by atoms with van der Waals surface area (Å²) in [5.74, 6) is -0.0870. The highest BCUT2D eigenvalue weighted by Crippen LogP contribution is 2.22. The van der Waals surface area contributed by atoms with Crippen LogP contribution in [0, 0.1) is 26.6 Å². The normalized spacial score (nSPS) is 15.4. The molecule has 4 rings (SSSR count). The summed E-state index contributed by atoms with van der Waals surface area (Å²) in [4.78, 5) is 15.0. The fourth-order valence-corrected chi connectivity index (χ4v) is 5.74. The Bertz CT molecular complexity index is 1300. The van der Waals surface area contributed by atoms with E-state index in [9.17, 15) is 17.6 Å². The number of hydrogen-bond acceptors (Lipinski definition) is 5. The van der Waals surface area contributed by atoms with Crippen molar-refractivity contribution in [1.29, 1.82) is 0 Å². The van der Waals surface area contributed by atoms with Crippen molar-refractivity contribution in [3.05, 3.63) is 71.2 Å².